The molecule has 1 aliphatic carbocycles. The minimum absolute atomic E-state index is 0.0539. The predicted molar refractivity (Wildman–Crippen MR) is 192 cm³/mol. The molecule has 2 aromatic carbocycles. The van der Waals surface area contributed by atoms with Crippen LogP contribution in [0.25, 0.3) is 10.9 Å². The van der Waals surface area contributed by atoms with Crippen LogP contribution in [0, 0.1) is 17.7 Å². The van der Waals surface area contributed by atoms with E-state index >= 15 is 4.39 Å². The molecule has 5 aliphatic rings. The van der Waals surface area contributed by atoms with Gasteiger partial charge < -0.3 is 24.1 Å². The van der Waals surface area contributed by atoms with Crippen molar-refractivity contribution in [1.82, 2.24) is 25.1 Å². The van der Waals surface area contributed by atoms with Crippen LogP contribution in [-0.4, -0.2) is 100 Å². The molecule has 8 rings (SSSR count). The lowest BCUT2D eigenvalue weighted by molar-refractivity contribution is -0.136. The normalized spacial score (nSPS) is 24.3. The highest BCUT2D eigenvalue weighted by Gasteiger charge is 2.46. The van der Waals surface area contributed by atoms with Crippen LogP contribution in [0.1, 0.15) is 77.9 Å². The zero-order valence-electron chi connectivity index (χ0n) is 29.3. The number of rotatable bonds is 11. The first-order valence-electron chi connectivity index (χ1n) is 18.5. The van der Waals surface area contributed by atoms with Crippen LogP contribution in [0.4, 0.5) is 4.39 Å². The molecular formula is C38H42FN5O8S. The van der Waals surface area contributed by atoms with Crippen LogP contribution < -0.4 is 20.3 Å². The summed E-state index contributed by atoms with van der Waals surface area (Å²) in [4.78, 5) is 74.0. The van der Waals surface area contributed by atoms with Crippen LogP contribution in [-0.2, 0) is 20.1 Å². The van der Waals surface area contributed by atoms with Crippen LogP contribution in [0.5, 0.6) is 11.5 Å². The number of aromatic nitrogens is 2. The molecule has 0 spiro atoms. The van der Waals surface area contributed by atoms with E-state index in [0.717, 1.165) is 76.3 Å². The Morgan fingerprint density at radius 1 is 0.962 bits per heavy atom. The van der Waals surface area contributed by atoms with E-state index in [1.54, 1.807) is 36.0 Å². The number of H-pyrrole nitrogens is 1. The summed E-state index contributed by atoms with van der Waals surface area (Å²) in [5.74, 6) is -0.259. The predicted octanol–water partition coefficient (Wildman–Crippen LogP) is 3.82. The Bertz CT molecular complexity index is 1990. The Balaban J connectivity index is 0.793. The molecule has 1 atom stereocenters. The van der Waals surface area contributed by atoms with Crippen molar-refractivity contribution in [2.45, 2.75) is 74.5 Å². The van der Waals surface area contributed by atoms with Gasteiger partial charge in [-0.1, -0.05) is 6.07 Å². The zero-order valence-corrected chi connectivity index (χ0v) is 30.1. The molecule has 1 aromatic heterocycles. The van der Waals surface area contributed by atoms with Crippen molar-refractivity contribution in [2.24, 2.45) is 11.8 Å². The molecule has 13 nitrogen and oxygen atoms in total. The van der Waals surface area contributed by atoms with E-state index < -0.39 is 41.0 Å². The fourth-order valence-electron chi connectivity index (χ4n) is 8.04. The Morgan fingerprint density at radius 3 is 2.53 bits per heavy atom. The van der Waals surface area contributed by atoms with Gasteiger partial charge in [0, 0.05) is 43.6 Å². The summed E-state index contributed by atoms with van der Waals surface area (Å²) in [6, 6.07) is 6.84. The lowest BCUT2D eigenvalue weighted by atomic mass is 9.81. The van der Waals surface area contributed by atoms with Crippen LogP contribution in [0.15, 0.2) is 35.1 Å². The van der Waals surface area contributed by atoms with Gasteiger partial charge in [-0.3, -0.25) is 34.2 Å². The van der Waals surface area contributed by atoms with E-state index in [4.69, 9.17) is 14.2 Å². The number of nitrogens with one attached hydrogen (secondary N) is 2. The fraction of sp³-hybridized carbons (Fsp3) is 0.526. The number of carbonyl (C=O) groups is 4. The van der Waals surface area contributed by atoms with E-state index in [1.165, 1.54) is 6.07 Å². The van der Waals surface area contributed by atoms with E-state index in [2.05, 4.69) is 20.2 Å². The number of amides is 4. The van der Waals surface area contributed by atoms with Gasteiger partial charge in [-0.15, -0.1) is 0 Å². The van der Waals surface area contributed by atoms with Crippen molar-refractivity contribution in [3.05, 3.63) is 63.5 Å². The second-order valence-corrected chi connectivity index (χ2v) is 16.0. The Hall–Kier alpha value is -4.34. The van der Waals surface area contributed by atoms with Gasteiger partial charge in [-0.25, -0.2) is 9.37 Å². The van der Waals surface area contributed by atoms with Crippen molar-refractivity contribution in [2.75, 3.05) is 39.5 Å². The number of carbonyl (C=O) groups excluding carboxylic acids is 4. The number of piperidine rings is 2. The summed E-state index contributed by atoms with van der Waals surface area (Å²) in [6.07, 6.45) is 5.56. The highest BCUT2D eigenvalue weighted by Crippen LogP contribution is 2.38. The van der Waals surface area contributed by atoms with Gasteiger partial charge >= 0.3 is 0 Å². The number of nitrogens with zero attached hydrogens (tertiary/aromatic N) is 3. The van der Waals surface area contributed by atoms with Gasteiger partial charge in [-0.2, -0.15) is 11.8 Å². The summed E-state index contributed by atoms with van der Waals surface area (Å²) >= 11 is 1.73. The lowest BCUT2D eigenvalue weighted by Gasteiger charge is -2.40. The minimum atomic E-state index is -1.02. The van der Waals surface area contributed by atoms with Gasteiger partial charge in [0.05, 0.1) is 35.1 Å². The molecular weight excluding hydrogens is 706 g/mol. The number of imide groups is 2. The molecule has 2 N–H and O–H groups in total. The summed E-state index contributed by atoms with van der Waals surface area (Å²) < 4.78 is 32.7. The minimum Gasteiger partial charge on any atom is -0.493 e. The number of fused-ring (bicyclic) bond motifs is 2. The molecule has 4 amide bonds. The number of likely N-dealkylation sites (tertiary alicyclic amines) is 1. The molecule has 3 aromatic rings. The Kier molecular flexibility index (Phi) is 10.2. The Labute approximate surface area is 309 Å². The largest absolute Gasteiger partial charge is 0.493 e. The third kappa shape index (κ3) is 7.56. The summed E-state index contributed by atoms with van der Waals surface area (Å²) in [6.45, 7) is 4.72. The lowest BCUT2D eigenvalue weighted by Crippen LogP contribution is -2.54. The molecule has 0 radical (unpaired) electrons. The maximum Gasteiger partial charge on any atom is 0.266 e. The summed E-state index contributed by atoms with van der Waals surface area (Å²) in [7, 11) is 0. The first-order valence-corrected chi connectivity index (χ1v) is 19.5. The number of hydrogen-bond donors (Lipinski definition) is 2. The number of thioether (sulfide) groups is 1. The molecule has 280 valence electrons. The van der Waals surface area contributed by atoms with Gasteiger partial charge in [0.1, 0.15) is 34.6 Å². The number of aromatic amines is 1. The first-order chi connectivity index (χ1) is 25.7. The Morgan fingerprint density at radius 2 is 1.75 bits per heavy atom. The number of hydrogen-bond acceptors (Lipinski definition) is 11. The van der Waals surface area contributed by atoms with E-state index in [1.807, 2.05) is 0 Å². The zero-order chi connectivity index (χ0) is 36.6. The quantitative estimate of drug-likeness (QED) is 0.275. The SMILES string of the molecule is O=C1CCC(N2C(=O)c3cccc(O[C@H]4C[C@@H](CN5CCC(COc6cc(F)c7c(=O)[nH]c(CSC8CCOCC8)nc7c6)CC5)C4)c3C2=O)C(=O)N1. The van der Waals surface area contributed by atoms with Crippen molar-refractivity contribution >= 4 is 46.3 Å². The number of halogens is 1. The van der Waals surface area contributed by atoms with E-state index in [-0.39, 0.29) is 35.5 Å². The van der Waals surface area contributed by atoms with Gasteiger partial charge in [0.2, 0.25) is 11.8 Å². The second-order valence-electron chi connectivity index (χ2n) is 14.7. The van der Waals surface area contributed by atoms with Crippen molar-refractivity contribution in [1.29, 1.82) is 0 Å². The van der Waals surface area contributed by atoms with Gasteiger partial charge in [0.15, 0.2) is 0 Å². The third-order valence-electron chi connectivity index (χ3n) is 11.0. The number of benzene rings is 2. The van der Waals surface area contributed by atoms with E-state index in [0.29, 0.717) is 52.3 Å². The van der Waals surface area contributed by atoms with E-state index in [9.17, 15) is 24.0 Å². The molecule has 5 heterocycles. The topological polar surface area (TPSA) is 160 Å². The van der Waals surface area contributed by atoms with Crippen LogP contribution in [0.2, 0.25) is 0 Å². The smallest absolute Gasteiger partial charge is 0.266 e. The highest BCUT2D eigenvalue weighted by atomic mass is 32.2. The molecule has 3 saturated heterocycles. The van der Waals surface area contributed by atoms with Crippen molar-refractivity contribution in [3.8, 4) is 11.5 Å². The molecule has 53 heavy (non-hydrogen) atoms. The van der Waals surface area contributed by atoms with Crippen LogP contribution >= 0.6 is 11.8 Å². The van der Waals surface area contributed by atoms with Crippen LogP contribution in [0.3, 0.4) is 0 Å². The van der Waals surface area contributed by atoms with Crippen molar-refractivity contribution in [3.63, 3.8) is 0 Å². The number of ether oxygens (including phenoxy) is 3. The summed E-state index contributed by atoms with van der Waals surface area (Å²) in [5.41, 5.74) is 0.209. The first kappa shape index (κ1) is 35.7. The van der Waals surface area contributed by atoms with Gasteiger partial charge in [-0.05, 0) is 82.0 Å². The second kappa shape index (κ2) is 15.2. The maximum atomic E-state index is 15.0. The maximum absolute atomic E-state index is 15.0. The third-order valence-corrected chi connectivity index (χ3v) is 12.4. The molecule has 4 aliphatic heterocycles. The standard InChI is InChI=1S/C38H42FN5O8S/c39-27-16-23(17-28-34(27)36(47)41-31(40-28)20-53-25-8-12-50-13-9-25)51-19-21-6-10-43(11-7-21)18-22-14-24(15-22)52-30-3-1-2-26-33(30)38(49)44(37(26)48)29-4-5-32(45)42-35(29)46/h1-3,16-17,21-22,24-25,29H,4-15,18-20H2,(H,40,41,47)(H,42,45,46)/t22-,24+,29?. The van der Waals surface area contributed by atoms with Gasteiger partial charge in [0.25, 0.3) is 17.4 Å². The van der Waals surface area contributed by atoms with Crippen molar-refractivity contribution < 1.29 is 37.8 Å². The molecule has 1 saturated carbocycles. The molecule has 15 heteroatoms. The molecule has 4 fully saturated rings. The monoisotopic (exact) mass is 747 g/mol. The molecule has 1 unspecified atom stereocenters. The fourth-order valence-corrected chi connectivity index (χ4v) is 9.09. The average Bonchev–Trinajstić information content (AvgIpc) is 3.39. The highest BCUT2D eigenvalue weighted by molar-refractivity contribution is 7.99. The summed E-state index contributed by atoms with van der Waals surface area (Å²) in [5, 5.41) is 2.62. The molecule has 0 bridgehead atoms. The average molecular weight is 748 g/mol.